The van der Waals surface area contributed by atoms with Crippen molar-refractivity contribution < 1.29 is 4.79 Å². The molecular formula is C13H19N3O. The van der Waals surface area contributed by atoms with Crippen LogP contribution in [0.15, 0.2) is 18.2 Å². The minimum atomic E-state index is 0.153. The Hall–Kier alpha value is -1.55. The van der Waals surface area contributed by atoms with Gasteiger partial charge in [-0.2, -0.15) is 0 Å². The van der Waals surface area contributed by atoms with Crippen molar-refractivity contribution in [1.82, 2.24) is 4.90 Å². The number of anilines is 2. The van der Waals surface area contributed by atoms with Crippen LogP contribution in [0.5, 0.6) is 0 Å². The highest BCUT2D eigenvalue weighted by Gasteiger charge is 2.22. The van der Waals surface area contributed by atoms with Gasteiger partial charge in [-0.3, -0.25) is 4.79 Å². The lowest BCUT2D eigenvalue weighted by molar-refractivity contribution is -0.119. The molecule has 0 aliphatic carbocycles. The van der Waals surface area contributed by atoms with Crippen LogP contribution in [0.3, 0.4) is 0 Å². The summed E-state index contributed by atoms with van der Waals surface area (Å²) in [4.78, 5) is 15.9. The second-order valence-electron chi connectivity index (χ2n) is 4.77. The Morgan fingerprint density at radius 3 is 2.94 bits per heavy atom. The molecular weight excluding hydrogens is 214 g/mol. The van der Waals surface area contributed by atoms with E-state index in [-0.39, 0.29) is 5.91 Å². The summed E-state index contributed by atoms with van der Waals surface area (Å²) in [6.07, 6.45) is 2.02. The molecule has 4 nitrogen and oxygen atoms in total. The van der Waals surface area contributed by atoms with Crippen LogP contribution in [-0.2, 0) is 11.2 Å². The largest absolute Gasteiger partial charge is 0.399 e. The standard InChI is InChI=1S/C13H19N3O/c1-15(2)9-13(17)16-7-3-4-10-8-11(14)5-6-12(10)16/h5-6,8H,3-4,7,9,14H2,1-2H3. The summed E-state index contributed by atoms with van der Waals surface area (Å²) in [7, 11) is 3.82. The number of hydrogen-bond acceptors (Lipinski definition) is 3. The van der Waals surface area contributed by atoms with E-state index in [4.69, 9.17) is 5.73 Å². The van der Waals surface area contributed by atoms with E-state index in [0.29, 0.717) is 6.54 Å². The molecule has 17 heavy (non-hydrogen) atoms. The molecule has 1 heterocycles. The number of carbonyl (C=O) groups is 1. The van der Waals surface area contributed by atoms with Gasteiger partial charge in [0.05, 0.1) is 6.54 Å². The van der Waals surface area contributed by atoms with Gasteiger partial charge in [0.2, 0.25) is 5.91 Å². The lowest BCUT2D eigenvalue weighted by Crippen LogP contribution is -2.40. The molecule has 1 aliphatic rings. The molecule has 0 bridgehead atoms. The number of rotatable bonds is 2. The Kier molecular flexibility index (Phi) is 3.33. The average Bonchev–Trinajstić information content (AvgIpc) is 2.26. The SMILES string of the molecule is CN(C)CC(=O)N1CCCc2cc(N)ccc21. The predicted octanol–water partition coefficient (Wildman–Crippen LogP) is 1.11. The number of amides is 1. The van der Waals surface area contributed by atoms with Crippen LogP contribution in [0.25, 0.3) is 0 Å². The van der Waals surface area contributed by atoms with E-state index in [1.165, 1.54) is 5.56 Å². The van der Waals surface area contributed by atoms with Crippen LogP contribution in [0.2, 0.25) is 0 Å². The molecule has 1 amide bonds. The fraction of sp³-hybridized carbons (Fsp3) is 0.462. The normalized spacial score (nSPS) is 14.9. The molecule has 0 spiro atoms. The van der Waals surface area contributed by atoms with E-state index in [1.807, 2.05) is 42.1 Å². The maximum Gasteiger partial charge on any atom is 0.241 e. The first-order valence-electron chi connectivity index (χ1n) is 5.91. The highest BCUT2D eigenvalue weighted by atomic mass is 16.2. The summed E-state index contributed by atoms with van der Waals surface area (Å²) in [5.74, 6) is 0.153. The van der Waals surface area contributed by atoms with Gasteiger partial charge in [-0.05, 0) is 50.7 Å². The Balaban J connectivity index is 2.25. The summed E-state index contributed by atoms with van der Waals surface area (Å²) < 4.78 is 0. The van der Waals surface area contributed by atoms with Gasteiger partial charge in [-0.1, -0.05) is 0 Å². The van der Waals surface area contributed by atoms with Gasteiger partial charge in [-0.25, -0.2) is 0 Å². The minimum absolute atomic E-state index is 0.153. The average molecular weight is 233 g/mol. The molecule has 1 aromatic rings. The van der Waals surface area contributed by atoms with Crippen LogP contribution in [0.4, 0.5) is 11.4 Å². The van der Waals surface area contributed by atoms with Crippen molar-refractivity contribution in [1.29, 1.82) is 0 Å². The Bertz CT molecular complexity index is 429. The first-order valence-corrected chi connectivity index (χ1v) is 5.91. The summed E-state index contributed by atoms with van der Waals surface area (Å²) in [5, 5.41) is 0. The van der Waals surface area contributed by atoms with Gasteiger partial charge >= 0.3 is 0 Å². The molecule has 92 valence electrons. The number of hydrogen-bond donors (Lipinski definition) is 1. The molecule has 1 aromatic carbocycles. The first-order chi connectivity index (χ1) is 8.08. The Morgan fingerprint density at radius 2 is 2.24 bits per heavy atom. The molecule has 2 rings (SSSR count). The molecule has 0 saturated carbocycles. The van der Waals surface area contributed by atoms with E-state index in [0.717, 1.165) is 30.8 Å². The molecule has 0 aromatic heterocycles. The topological polar surface area (TPSA) is 49.6 Å². The highest BCUT2D eigenvalue weighted by molar-refractivity contribution is 5.96. The molecule has 4 heteroatoms. The van der Waals surface area contributed by atoms with Crippen LogP contribution in [0, 0.1) is 0 Å². The summed E-state index contributed by atoms with van der Waals surface area (Å²) in [6, 6.07) is 5.79. The van der Waals surface area contributed by atoms with Crippen LogP contribution >= 0.6 is 0 Å². The van der Waals surface area contributed by atoms with Crippen molar-refractivity contribution in [2.24, 2.45) is 0 Å². The number of likely N-dealkylation sites (N-methyl/N-ethyl adjacent to an activating group) is 1. The van der Waals surface area contributed by atoms with E-state index >= 15 is 0 Å². The molecule has 0 saturated heterocycles. The van der Waals surface area contributed by atoms with Gasteiger partial charge in [0, 0.05) is 17.9 Å². The van der Waals surface area contributed by atoms with E-state index in [1.54, 1.807) is 0 Å². The van der Waals surface area contributed by atoms with Gasteiger partial charge in [0.15, 0.2) is 0 Å². The summed E-state index contributed by atoms with van der Waals surface area (Å²) in [5.41, 5.74) is 8.75. The first kappa shape index (κ1) is 11.9. The smallest absolute Gasteiger partial charge is 0.241 e. The highest BCUT2D eigenvalue weighted by Crippen LogP contribution is 2.28. The van der Waals surface area contributed by atoms with Crippen molar-refractivity contribution in [2.75, 3.05) is 37.8 Å². The van der Waals surface area contributed by atoms with E-state index in [2.05, 4.69) is 0 Å². The van der Waals surface area contributed by atoms with Gasteiger partial charge in [-0.15, -0.1) is 0 Å². The molecule has 0 unspecified atom stereocenters. The molecule has 2 N–H and O–H groups in total. The van der Waals surface area contributed by atoms with Crippen LogP contribution < -0.4 is 10.6 Å². The number of nitrogens with two attached hydrogens (primary N) is 1. The second-order valence-corrected chi connectivity index (χ2v) is 4.77. The summed E-state index contributed by atoms with van der Waals surface area (Å²) in [6.45, 7) is 1.26. The zero-order valence-electron chi connectivity index (χ0n) is 10.4. The molecule has 0 fully saturated rings. The zero-order chi connectivity index (χ0) is 12.4. The van der Waals surface area contributed by atoms with Crippen molar-refractivity contribution in [3.63, 3.8) is 0 Å². The third-order valence-corrected chi connectivity index (χ3v) is 2.97. The van der Waals surface area contributed by atoms with Gasteiger partial charge < -0.3 is 15.5 Å². The van der Waals surface area contributed by atoms with Crippen LogP contribution in [-0.4, -0.2) is 38.0 Å². The number of aryl methyl sites for hydroxylation is 1. The lowest BCUT2D eigenvalue weighted by Gasteiger charge is -2.30. The Morgan fingerprint density at radius 1 is 1.47 bits per heavy atom. The second kappa shape index (κ2) is 4.75. The third-order valence-electron chi connectivity index (χ3n) is 2.97. The van der Waals surface area contributed by atoms with Crippen molar-refractivity contribution in [3.05, 3.63) is 23.8 Å². The van der Waals surface area contributed by atoms with E-state index in [9.17, 15) is 4.79 Å². The molecule has 0 atom stereocenters. The zero-order valence-corrected chi connectivity index (χ0v) is 10.4. The number of fused-ring (bicyclic) bond motifs is 1. The fourth-order valence-electron chi connectivity index (χ4n) is 2.23. The quantitative estimate of drug-likeness (QED) is 0.778. The van der Waals surface area contributed by atoms with Crippen molar-refractivity contribution in [3.8, 4) is 0 Å². The molecule has 0 radical (unpaired) electrons. The minimum Gasteiger partial charge on any atom is -0.399 e. The Labute approximate surface area is 102 Å². The number of nitrogen functional groups attached to an aromatic ring is 1. The molecule has 1 aliphatic heterocycles. The summed E-state index contributed by atoms with van der Waals surface area (Å²) >= 11 is 0. The lowest BCUT2D eigenvalue weighted by atomic mass is 10.0. The number of carbonyl (C=O) groups excluding carboxylic acids is 1. The van der Waals surface area contributed by atoms with Crippen molar-refractivity contribution >= 4 is 17.3 Å². The number of benzene rings is 1. The maximum atomic E-state index is 12.1. The number of nitrogens with zero attached hydrogens (tertiary/aromatic N) is 2. The van der Waals surface area contributed by atoms with Crippen molar-refractivity contribution in [2.45, 2.75) is 12.8 Å². The monoisotopic (exact) mass is 233 g/mol. The predicted molar refractivity (Wildman–Crippen MR) is 70.1 cm³/mol. The maximum absolute atomic E-state index is 12.1. The van der Waals surface area contributed by atoms with E-state index < -0.39 is 0 Å². The third kappa shape index (κ3) is 2.58. The van der Waals surface area contributed by atoms with Gasteiger partial charge in [0.1, 0.15) is 0 Å². The fourth-order valence-corrected chi connectivity index (χ4v) is 2.23. The van der Waals surface area contributed by atoms with Gasteiger partial charge in [0.25, 0.3) is 0 Å². The van der Waals surface area contributed by atoms with Crippen LogP contribution in [0.1, 0.15) is 12.0 Å².